The molecular weight excluding hydrogens is 474 g/mol. The van der Waals surface area contributed by atoms with Crippen LogP contribution in [0, 0.1) is 5.82 Å². The van der Waals surface area contributed by atoms with Gasteiger partial charge < -0.3 is 20.4 Å². The Kier molecular flexibility index (Phi) is 7.94. The largest absolute Gasteiger partial charge is 0.503 e. The molecule has 1 atom stereocenters. The van der Waals surface area contributed by atoms with Gasteiger partial charge in [0.2, 0.25) is 0 Å². The molecule has 0 radical (unpaired) electrons. The predicted molar refractivity (Wildman–Crippen MR) is 121 cm³/mol. The molecule has 0 spiro atoms. The Balaban J connectivity index is 1.58. The third kappa shape index (κ3) is 6.03. The molecule has 33 heavy (non-hydrogen) atoms. The van der Waals surface area contributed by atoms with Crippen LogP contribution in [-0.2, 0) is 27.2 Å². The first-order valence-corrected chi connectivity index (χ1v) is 10.9. The number of aliphatic carboxylic acids is 1. The average molecular weight is 495 g/mol. The summed E-state index contributed by atoms with van der Waals surface area (Å²) < 4.78 is 13.1. The van der Waals surface area contributed by atoms with Crippen molar-refractivity contribution < 1.29 is 29.0 Å². The number of benzene rings is 2. The number of nitrogens with zero attached hydrogens (tertiary/aromatic N) is 1. The smallest absolute Gasteiger partial charge is 0.326 e. The van der Waals surface area contributed by atoms with Crippen molar-refractivity contribution in [1.29, 1.82) is 0 Å². The van der Waals surface area contributed by atoms with Gasteiger partial charge in [-0.25, -0.2) is 9.18 Å². The SMILES string of the molecule is O=C(NCCCc1ccc(Cl)c(Cl)c1)C1=C(O)C(=O)N(C(Cc2ccc(F)cc2)C(=O)O)C1. The van der Waals surface area contributed by atoms with Crippen molar-refractivity contribution in [3.05, 3.63) is 80.8 Å². The molecule has 1 aliphatic heterocycles. The fourth-order valence-electron chi connectivity index (χ4n) is 3.48. The Morgan fingerprint density at radius 1 is 1.09 bits per heavy atom. The first kappa shape index (κ1) is 24.5. The van der Waals surface area contributed by atoms with E-state index in [4.69, 9.17) is 23.2 Å². The van der Waals surface area contributed by atoms with Crippen molar-refractivity contribution in [1.82, 2.24) is 10.2 Å². The van der Waals surface area contributed by atoms with Crippen molar-refractivity contribution >= 4 is 41.0 Å². The Labute approximate surface area is 199 Å². The molecule has 0 bridgehead atoms. The monoisotopic (exact) mass is 494 g/mol. The molecule has 1 aliphatic rings. The number of carbonyl (C=O) groups excluding carboxylic acids is 2. The molecule has 3 rings (SSSR count). The maximum Gasteiger partial charge on any atom is 0.326 e. The minimum atomic E-state index is -1.33. The van der Waals surface area contributed by atoms with Gasteiger partial charge >= 0.3 is 5.97 Å². The molecule has 0 fully saturated rings. The van der Waals surface area contributed by atoms with Crippen LogP contribution in [0.5, 0.6) is 0 Å². The molecule has 0 saturated heterocycles. The van der Waals surface area contributed by atoms with Gasteiger partial charge in [-0.3, -0.25) is 9.59 Å². The second-order valence-electron chi connectivity index (χ2n) is 7.55. The van der Waals surface area contributed by atoms with Gasteiger partial charge in [0.05, 0.1) is 22.2 Å². The summed E-state index contributed by atoms with van der Waals surface area (Å²) in [6.45, 7) is -0.0799. The number of carboxylic acid groups (broad SMARTS) is 1. The normalized spacial score (nSPS) is 14.5. The maximum absolute atomic E-state index is 13.1. The number of nitrogens with one attached hydrogen (secondary N) is 1. The van der Waals surface area contributed by atoms with Crippen molar-refractivity contribution in [2.45, 2.75) is 25.3 Å². The third-order valence-corrected chi connectivity index (χ3v) is 6.01. The molecular formula is C23H21Cl2FN2O5. The van der Waals surface area contributed by atoms with Crippen LogP contribution >= 0.6 is 23.2 Å². The van der Waals surface area contributed by atoms with E-state index in [2.05, 4.69) is 5.32 Å². The predicted octanol–water partition coefficient (Wildman–Crippen LogP) is 3.53. The quantitative estimate of drug-likeness (QED) is 0.462. The molecule has 10 heteroatoms. The Morgan fingerprint density at radius 3 is 2.39 bits per heavy atom. The molecule has 174 valence electrons. The molecule has 1 unspecified atom stereocenters. The maximum atomic E-state index is 13.1. The second kappa shape index (κ2) is 10.7. The number of aliphatic hydroxyl groups excluding tert-OH is 1. The summed E-state index contributed by atoms with van der Waals surface area (Å²) in [7, 11) is 0. The van der Waals surface area contributed by atoms with Gasteiger partial charge in [0.25, 0.3) is 11.8 Å². The highest BCUT2D eigenvalue weighted by Gasteiger charge is 2.40. The average Bonchev–Trinajstić information content (AvgIpc) is 3.07. The Bertz CT molecular complexity index is 1100. The topological polar surface area (TPSA) is 107 Å². The number of hydrogen-bond acceptors (Lipinski definition) is 4. The molecule has 0 aromatic heterocycles. The van der Waals surface area contributed by atoms with Crippen LogP contribution in [0.25, 0.3) is 0 Å². The highest BCUT2D eigenvalue weighted by atomic mass is 35.5. The lowest BCUT2D eigenvalue weighted by Crippen LogP contribution is -2.45. The number of aryl methyl sites for hydroxylation is 1. The van der Waals surface area contributed by atoms with Crippen molar-refractivity contribution in [3.63, 3.8) is 0 Å². The van der Waals surface area contributed by atoms with E-state index in [0.717, 1.165) is 10.5 Å². The zero-order valence-corrected chi connectivity index (χ0v) is 18.9. The van der Waals surface area contributed by atoms with E-state index >= 15 is 0 Å². The Hall–Kier alpha value is -3.10. The minimum Gasteiger partial charge on any atom is -0.503 e. The van der Waals surface area contributed by atoms with Crippen LogP contribution in [0.2, 0.25) is 10.0 Å². The van der Waals surface area contributed by atoms with Crippen molar-refractivity contribution in [2.24, 2.45) is 0 Å². The van der Waals surface area contributed by atoms with Gasteiger partial charge in [0, 0.05) is 13.0 Å². The summed E-state index contributed by atoms with van der Waals surface area (Å²) in [5.41, 5.74) is 1.24. The van der Waals surface area contributed by atoms with Gasteiger partial charge in [0.1, 0.15) is 11.9 Å². The number of hydrogen-bond donors (Lipinski definition) is 3. The van der Waals surface area contributed by atoms with Crippen LogP contribution in [0.3, 0.4) is 0 Å². The van der Waals surface area contributed by atoms with E-state index in [1.165, 1.54) is 24.3 Å². The van der Waals surface area contributed by atoms with E-state index in [0.29, 0.717) is 28.5 Å². The number of rotatable bonds is 9. The van der Waals surface area contributed by atoms with Crippen LogP contribution < -0.4 is 5.32 Å². The molecule has 7 nitrogen and oxygen atoms in total. The van der Waals surface area contributed by atoms with E-state index < -0.39 is 35.4 Å². The van der Waals surface area contributed by atoms with E-state index in [1.807, 2.05) is 6.07 Å². The van der Waals surface area contributed by atoms with Gasteiger partial charge in [-0.15, -0.1) is 0 Å². The number of carbonyl (C=O) groups is 3. The number of aliphatic hydroxyl groups is 1. The lowest BCUT2D eigenvalue weighted by molar-refractivity contribution is -0.148. The summed E-state index contributed by atoms with van der Waals surface area (Å²) in [6, 6.07) is 9.13. The molecule has 3 N–H and O–H groups in total. The number of carboxylic acids is 1. The summed E-state index contributed by atoms with van der Waals surface area (Å²) in [6.07, 6.45) is 1.08. The van der Waals surface area contributed by atoms with E-state index in [9.17, 15) is 29.0 Å². The first-order valence-electron chi connectivity index (χ1n) is 10.1. The fourth-order valence-corrected chi connectivity index (χ4v) is 3.80. The van der Waals surface area contributed by atoms with Gasteiger partial charge in [-0.2, -0.15) is 0 Å². The number of amides is 2. The molecule has 1 heterocycles. The van der Waals surface area contributed by atoms with Gasteiger partial charge in [-0.1, -0.05) is 41.4 Å². The van der Waals surface area contributed by atoms with Gasteiger partial charge in [0.15, 0.2) is 5.76 Å². The summed E-state index contributed by atoms with van der Waals surface area (Å²) in [5.74, 6) is -4.14. The van der Waals surface area contributed by atoms with Crippen molar-refractivity contribution in [2.75, 3.05) is 13.1 Å². The molecule has 0 saturated carbocycles. The summed E-state index contributed by atoms with van der Waals surface area (Å²) in [5, 5.41) is 23.3. The van der Waals surface area contributed by atoms with E-state index in [1.54, 1.807) is 12.1 Å². The van der Waals surface area contributed by atoms with Crippen LogP contribution in [0.4, 0.5) is 4.39 Å². The lowest BCUT2D eigenvalue weighted by Gasteiger charge is -2.24. The van der Waals surface area contributed by atoms with Gasteiger partial charge in [-0.05, 0) is 48.2 Å². The zero-order chi connectivity index (χ0) is 24.1. The zero-order valence-electron chi connectivity index (χ0n) is 17.4. The van der Waals surface area contributed by atoms with Crippen LogP contribution in [0.15, 0.2) is 53.8 Å². The van der Waals surface area contributed by atoms with Crippen LogP contribution in [-0.4, -0.2) is 52.0 Å². The molecule has 0 aliphatic carbocycles. The first-order chi connectivity index (χ1) is 15.7. The highest BCUT2D eigenvalue weighted by Crippen LogP contribution is 2.24. The molecule has 2 aromatic rings. The van der Waals surface area contributed by atoms with Crippen molar-refractivity contribution in [3.8, 4) is 0 Å². The standard InChI is InChI=1S/C23H21Cl2FN2O5/c24-17-8-5-13(10-18(17)25)2-1-9-27-21(30)16-12-28(22(31)20(16)29)19(23(32)33)11-14-3-6-15(26)7-4-14/h3-8,10,19,29H,1-2,9,11-12H2,(H,27,30)(H,32,33). The highest BCUT2D eigenvalue weighted by molar-refractivity contribution is 6.42. The molecule has 2 aromatic carbocycles. The molecule has 2 amide bonds. The Morgan fingerprint density at radius 2 is 1.76 bits per heavy atom. The fraction of sp³-hybridized carbons (Fsp3) is 0.261. The minimum absolute atomic E-state index is 0.104. The number of halogens is 3. The summed E-state index contributed by atoms with van der Waals surface area (Å²) in [4.78, 5) is 37.7. The lowest BCUT2D eigenvalue weighted by atomic mass is 10.0. The van der Waals surface area contributed by atoms with E-state index in [-0.39, 0.29) is 25.1 Å². The van der Waals surface area contributed by atoms with Crippen LogP contribution in [0.1, 0.15) is 17.5 Å². The summed E-state index contributed by atoms with van der Waals surface area (Å²) >= 11 is 11.9. The second-order valence-corrected chi connectivity index (χ2v) is 8.37. The third-order valence-electron chi connectivity index (χ3n) is 5.27.